The molecule has 1 amide bonds. The molecule has 0 bridgehead atoms. The number of halogens is 1. The van der Waals surface area contributed by atoms with Gasteiger partial charge in [-0.05, 0) is 35.2 Å². The van der Waals surface area contributed by atoms with Crippen LogP contribution in [0.4, 0.5) is 5.82 Å². The minimum absolute atomic E-state index is 0.0754. The lowest BCUT2D eigenvalue weighted by Crippen LogP contribution is -2.30. The van der Waals surface area contributed by atoms with Crippen LogP contribution in [0.3, 0.4) is 0 Å². The van der Waals surface area contributed by atoms with E-state index in [1.54, 1.807) is 11.1 Å². The van der Waals surface area contributed by atoms with Gasteiger partial charge in [0.15, 0.2) is 0 Å². The van der Waals surface area contributed by atoms with Gasteiger partial charge in [-0.25, -0.2) is 4.98 Å². The van der Waals surface area contributed by atoms with Crippen molar-refractivity contribution in [1.29, 1.82) is 0 Å². The molecule has 0 N–H and O–H groups in total. The SMILES string of the molecule is O=C(c1cccs1)N(Cc1ccccc1Cl)c1ccccn1. The Bertz CT molecular complexity index is 759. The summed E-state index contributed by atoms with van der Waals surface area (Å²) < 4.78 is 0. The molecule has 2 aromatic heterocycles. The Morgan fingerprint density at radius 2 is 1.91 bits per heavy atom. The van der Waals surface area contributed by atoms with Gasteiger partial charge in [0.25, 0.3) is 5.91 Å². The van der Waals surface area contributed by atoms with Gasteiger partial charge in [-0.3, -0.25) is 9.69 Å². The Balaban J connectivity index is 1.97. The average molecular weight is 329 g/mol. The van der Waals surface area contributed by atoms with Crippen LogP contribution in [0, 0.1) is 0 Å². The lowest BCUT2D eigenvalue weighted by Gasteiger charge is -2.21. The predicted molar refractivity (Wildman–Crippen MR) is 90.5 cm³/mol. The molecule has 5 heteroatoms. The summed E-state index contributed by atoms with van der Waals surface area (Å²) in [6.07, 6.45) is 1.68. The Kier molecular flexibility index (Phi) is 4.51. The van der Waals surface area contributed by atoms with Crippen LogP contribution in [0.5, 0.6) is 0 Å². The molecule has 0 atom stereocenters. The molecule has 0 saturated carbocycles. The number of anilines is 1. The van der Waals surface area contributed by atoms with Crippen LogP contribution in [0.1, 0.15) is 15.2 Å². The third-order valence-corrected chi connectivity index (χ3v) is 4.42. The summed E-state index contributed by atoms with van der Waals surface area (Å²) in [6.45, 7) is 0.382. The zero-order valence-electron chi connectivity index (χ0n) is 11.6. The van der Waals surface area contributed by atoms with E-state index in [9.17, 15) is 4.79 Å². The molecule has 0 radical (unpaired) electrons. The quantitative estimate of drug-likeness (QED) is 0.698. The zero-order valence-corrected chi connectivity index (χ0v) is 13.2. The third-order valence-electron chi connectivity index (χ3n) is 3.19. The number of rotatable bonds is 4. The molecule has 0 aliphatic carbocycles. The summed E-state index contributed by atoms with van der Waals surface area (Å²) in [7, 11) is 0. The first-order valence-electron chi connectivity index (χ1n) is 6.75. The topological polar surface area (TPSA) is 33.2 Å². The number of carbonyl (C=O) groups excluding carboxylic acids is 1. The lowest BCUT2D eigenvalue weighted by atomic mass is 10.2. The smallest absolute Gasteiger partial charge is 0.269 e. The second-order valence-electron chi connectivity index (χ2n) is 4.65. The standard InChI is InChI=1S/C17H13ClN2OS/c18-14-7-2-1-6-13(14)12-20(16-9-3-4-10-19-16)17(21)15-8-5-11-22-15/h1-11H,12H2. The van der Waals surface area contributed by atoms with Crippen molar-refractivity contribution in [3.8, 4) is 0 Å². The number of nitrogens with zero attached hydrogens (tertiary/aromatic N) is 2. The number of hydrogen-bond donors (Lipinski definition) is 0. The third kappa shape index (κ3) is 3.18. The summed E-state index contributed by atoms with van der Waals surface area (Å²) in [5.74, 6) is 0.537. The zero-order chi connectivity index (χ0) is 15.4. The second kappa shape index (κ2) is 6.73. The Morgan fingerprint density at radius 1 is 1.09 bits per heavy atom. The molecule has 0 unspecified atom stereocenters. The maximum Gasteiger partial charge on any atom is 0.269 e. The molecule has 3 rings (SSSR count). The van der Waals surface area contributed by atoms with Crippen LogP contribution in [0.2, 0.25) is 5.02 Å². The minimum Gasteiger partial charge on any atom is -0.287 e. The highest BCUT2D eigenvalue weighted by molar-refractivity contribution is 7.12. The summed E-state index contributed by atoms with van der Waals surface area (Å²) in [6, 6.07) is 16.7. The monoisotopic (exact) mass is 328 g/mol. The molecule has 0 aliphatic rings. The number of hydrogen-bond acceptors (Lipinski definition) is 3. The minimum atomic E-state index is -0.0754. The molecule has 0 aliphatic heterocycles. The Labute approximate surface area is 137 Å². The highest BCUT2D eigenvalue weighted by atomic mass is 35.5. The number of thiophene rings is 1. The number of aromatic nitrogens is 1. The van der Waals surface area contributed by atoms with Crippen molar-refractivity contribution in [1.82, 2.24) is 4.98 Å². The fourth-order valence-electron chi connectivity index (χ4n) is 2.10. The molecular formula is C17H13ClN2OS. The fraction of sp³-hybridized carbons (Fsp3) is 0.0588. The van der Waals surface area contributed by atoms with Crippen LogP contribution in [-0.4, -0.2) is 10.9 Å². The Hall–Kier alpha value is -2.17. The summed E-state index contributed by atoms with van der Waals surface area (Å²) in [4.78, 5) is 19.4. The number of pyridine rings is 1. The van der Waals surface area contributed by atoms with Crippen LogP contribution >= 0.6 is 22.9 Å². The molecule has 3 aromatic rings. The molecule has 0 spiro atoms. The number of benzene rings is 1. The largest absolute Gasteiger partial charge is 0.287 e. The van der Waals surface area contributed by atoms with E-state index in [2.05, 4.69) is 4.98 Å². The van der Waals surface area contributed by atoms with Crippen molar-refractivity contribution in [3.05, 3.63) is 81.6 Å². The summed E-state index contributed by atoms with van der Waals surface area (Å²) in [5.41, 5.74) is 0.889. The van der Waals surface area contributed by atoms with E-state index in [0.29, 0.717) is 22.3 Å². The van der Waals surface area contributed by atoms with E-state index >= 15 is 0 Å². The van der Waals surface area contributed by atoms with Crippen molar-refractivity contribution < 1.29 is 4.79 Å². The average Bonchev–Trinajstić information content (AvgIpc) is 3.09. The van der Waals surface area contributed by atoms with Gasteiger partial charge < -0.3 is 0 Å². The maximum atomic E-state index is 12.8. The van der Waals surface area contributed by atoms with Gasteiger partial charge in [-0.1, -0.05) is 41.9 Å². The van der Waals surface area contributed by atoms with Gasteiger partial charge in [-0.15, -0.1) is 11.3 Å². The maximum absolute atomic E-state index is 12.8. The van der Waals surface area contributed by atoms with Crippen LogP contribution in [-0.2, 0) is 6.54 Å². The normalized spacial score (nSPS) is 10.4. The first kappa shape index (κ1) is 14.8. The van der Waals surface area contributed by atoms with Gasteiger partial charge in [0.05, 0.1) is 11.4 Å². The van der Waals surface area contributed by atoms with Gasteiger partial charge in [0.2, 0.25) is 0 Å². The van der Waals surface area contributed by atoms with Crippen LogP contribution in [0.25, 0.3) is 0 Å². The summed E-state index contributed by atoms with van der Waals surface area (Å²) >= 11 is 7.65. The van der Waals surface area contributed by atoms with E-state index in [0.717, 1.165) is 5.56 Å². The first-order valence-corrected chi connectivity index (χ1v) is 8.01. The first-order chi connectivity index (χ1) is 10.8. The van der Waals surface area contributed by atoms with E-state index in [1.807, 2.05) is 60.0 Å². The fourth-order valence-corrected chi connectivity index (χ4v) is 2.97. The van der Waals surface area contributed by atoms with Crippen molar-refractivity contribution in [3.63, 3.8) is 0 Å². The molecule has 2 heterocycles. The molecule has 1 aromatic carbocycles. The van der Waals surface area contributed by atoms with Crippen molar-refractivity contribution in [2.45, 2.75) is 6.54 Å². The van der Waals surface area contributed by atoms with E-state index in [4.69, 9.17) is 11.6 Å². The van der Waals surface area contributed by atoms with Crippen LogP contribution < -0.4 is 4.90 Å². The molecule has 0 saturated heterocycles. The second-order valence-corrected chi connectivity index (χ2v) is 6.00. The van der Waals surface area contributed by atoms with Gasteiger partial charge >= 0.3 is 0 Å². The predicted octanol–water partition coefficient (Wildman–Crippen LogP) is 4.64. The van der Waals surface area contributed by atoms with E-state index in [-0.39, 0.29) is 5.91 Å². The van der Waals surface area contributed by atoms with Gasteiger partial charge in [0, 0.05) is 11.2 Å². The highest BCUT2D eigenvalue weighted by Crippen LogP contribution is 2.23. The molecular weight excluding hydrogens is 316 g/mol. The van der Waals surface area contributed by atoms with Crippen LogP contribution in [0.15, 0.2) is 66.2 Å². The van der Waals surface area contributed by atoms with Crippen molar-refractivity contribution in [2.24, 2.45) is 0 Å². The number of amides is 1. The molecule has 22 heavy (non-hydrogen) atoms. The highest BCUT2D eigenvalue weighted by Gasteiger charge is 2.20. The van der Waals surface area contributed by atoms with Crippen molar-refractivity contribution in [2.75, 3.05) is 4.90 Å². The lowest BCUT2D eigenvalue weighted by molar-refractivity contribution is 0.0988. The molecule has 110 valence electrons. The van der Waals surface area contributed by atoms with Crippen molar-refractivity contribution >= 4 is 34.7 Å². The Morgan fingerprint density at radius 3 is 2.59 bits per heavy atom. The van der Waals surface area contributed by atoms with Gasteiger partial charge in [0.1, 0.15) is 5.82 Å². The summed E-state index contributed by atoms with van der Waals surface area (Å²) in [5, 5.41) is 2.53. The number of carbonyl (C=O) groups is 1. The van der Waals surface area contributed by atoms with E-state index in [1.165, 1.54) is 11.3 Å². The molecule has 3 nitrogen and oxygen atoms in total. The van der Waals surface area contributed by atoms with Gasteiger partial charge in [-0.2, -0.15) is 0 Å². The van der Waals surface area contributed by atoms with E-state index < -0.39 is 0 Å². The molecule has 0 fully saturated rings.